The molecule has 0 aliphatic heterocycles. The first-order valence-electron chi connectivity index (χ1n) is 6.53. The maximum absolute atomic E-state index is 12.1. The molecule has 0 bridgehead atoms. The van der Waals surface area contributed by atoms with E-state index in [0.717, 1.165) is 0 Å². The van der Waals surface area contributed by atoms with Crippen molar-refractivity contribution in [2.45, 2.75) is 6.92 Å². The third kappa shape index (κ3) is 3.28. The van der Waals surface area contributed by atoms with Crippen LogP contribution in [0.4, 0.5) is 0 Å². The van der Waals surface area contributed by atoms with Crippen molar-refractivity contribution in [3.8, 4) is 11.5 Å². The molecular formula is C16H16O6. The zero-order chi connectivity index (χ0) is 16.1. The van der Waals surface area contributed by atoms with Crippen molar-refractivity contribution in [2.24, 2.45) is 0 Å². The van der Waals surface area contributed by atoms with E-state index in [4.69, 9.17) is 18.6 Å². The number of esters is 1. The average molecular weight is 304 g/mol. The first kappa shape index (κ1) is 15.6. The molecule has 0 saturated heterocycles. The summed E-state index contributed by atoms with van der Waals surface area (Å²) in [5.74, 6) is 0.0266. The van der Waals surface area contributed by atoms with Gasteiger partial charge in [-0.1, -0.05) is 0 Å². The second-order valence-electron chi connectivity index (χ2n) is 4.50. The molecule has 0 N–H and O–H groups in total. The third-order valence-corrected chi connectivity index (χ3v) is 3.09. The molecule has 1 heterocycles. The molecule has 116 valence electrons. The molecule has 0 saturated carbocycles. The highest BCUT2D eigenvalue weighted by Crippen LogP contribution is 2.27. The fraction of sp³-hybridized carbons (Fsp3) is 0.250. The van der Waals surface area contributed by atoms with Crippen LogP contribution in [-0.4, -0.2) is 32.6 Å². The number of furan rings is 1. The Kier molecular flexibility index (Phi) is 4.83. The Hall–Kier alpha value is -2.76. The number of aryl methyl sites for hydroxylation is 1. The van der Waals surface area contributed by atoms with Crippen molar-refractivity contribution in [1.82, 2.24) is 0 Å². The third-order valence-electron chi connectivity index (χ3n) is 3.09. The van der Waals surface area contributed by atoms with Crippen molar-refractivity contribution < 1.29 is 28.2 Å². The fourth-order valence-electron chi connectivity index (χ4n) is 1.87. The SMILES string of the molecule is COc1ccc(C(=O)COC(=O)c2occc2C)cc1OC. The number of methoxy groups -OCH3 is 2. The predicted molar refractivity (Wildman–Crippen MR) is 77.6 cm³/mol. The number of benzene rings is 1. The fourth-order valence-corrected chi connectivity index (χ4v) is 1.87. The van der Waals surface area contributed by atoms with Gasteiger partial charge in [-0.25, -0.2) is 4.79 Å². The Balaban J connectivity index is 2.03. The number of hydrogen-bond acceptors (Lipinski definition) is 6. The van der Waals surface area contributed by atoms with Gasteiger partial charge in [0.1, 0.15) is 0 Å². The first-order valence-corrected chi connectivity index (χ1v) is 6.53. The van der Waals surface area contributed by atoms with Gasteiger partial charge in [0.05, 0.1) is 20.5 Å². The van der Waals surface area contributed by atoms with E-state index in [0.29, 0.717) is 22.6 Å². The maximum Gasteiger partial charge on any atom is 0.374 e. The number of hydrogen-bond donors (Lipinski definition) is 0. The Labute approximate surface area is 127 Å². The van der Waals surface area contributed by atoms with Gasteiger partial charge in [0.15, 0.2) is 23.9 Å². The van der Waals surface area contributed by atoms with Crippen LogP contribution in [0.15, 0.2) is 34.9 Å². The van der Waals surface area contributed by atoms with E-state index in [1.807, 2.05) is 0 Å². The molecule has 0 aliphatic rings. The molecule has 1 aromatic heterocycles. The summed E-state index contributed by atoms with van der Waals surface area (Å²) >= 11 is 0. The van der Waals surface area contributed by atoms with E-state index in [1.165, 1.54) is 26.5 Å². The van der Waals surface area contributed by atoms with Gasteiger partial charge in [-0.2, -0.15) is 0 Å². The second-order valence-corrected chi connectivity index (χ2v) is 4.50. The minimum atomic E-state index is -0.670. The molecule has 0 unspecified atom stereocenters. The van der Waals surface area contributed by atoms with Crippen molar-refractivity contribution in [3.63, 3.8) is 0 Å². The monoisotopic (exact) mass is 304 g/mol. The summed E-state index contributed by atoms with van der Waals surface area (Å²) in [6.07, 6.45) is 1.39. The topological polar surface area (TPSA) is 75.0 Å². The average Bonchev–Trinajstić information content (AvgIpc) is 2.97. The first-order chi connectivity index (χ1) is 10.6. The minimum Gasteiger partial charge on any atom is -0.493 e. The standard InChI is InChI=1S/C16H16O6/c1-10-6-7-21-15(10)16(18)22-9-12(17)11-4-5-13(19-2)14(8-11)20-3/h4-8H,9H2,1-3H3. The van der Waals surface area contributed by atoms with E-state index in [1.54, 1.807) is 25.1 Å². The zero-order valence-electron chi connectivity index (χ0n) is 12.5. The summed E-state index contributed by atoms with van der Waals surface area (Å²) in [5, 5.41) is 0. The summed E-state index contributed by atoms with van der Waals surface area (Å²) in [6, 6.07) is 6.38. The Morgan fingerprint density at radius 2 is 1.82 bits per heavy atom. The van der Waals surface area contributed by atoms with Gasteiger partial charge in [-0.3, -0.25) is 4.79 Å². The highest BCUT2D eigenvalue weighted by atomic mass is 16.5. The van der Waals surface area contributed by atoms with Crippen molar-refractivity contribution >= 4 is 11.8 Å². The number of ether oxygens (including phenoxy) is 3. The Bertz CT molecular complexity index is 686. The minimum absolute atomic E-state index is 0.0973. The second kappa shape index (κ2) is 6.80. The van der Waals surface area contributed by atoms with Crippen LogP contribution >= 0.6 is 0 Å². The van der Waals surface area contributed by atoms with Crippen LogP contribution in [-0.2, 0) is 4.74 Å². The molecule has 0 radical (unpaired) electrons. The van der Waals surface area contributed by atoms with Gasteiger partial charge >= 0.3 is 5.97 Å². The summed E-state index contributed by atoms with van der Waals surface area (Å²) < 4.78 is 20.2. The normalized spacial score (nSPS) is 10.1. The Morgan fingerprint density at radius 3 is 2.41 bits per heavy atom. The number of carbonyl (C=O) groups excluding carboxylic acids is 2. The van der Waals surface area contributed by atoms with Gasteiger partial charge < -0.3 is 18.6 Å². The highest BCUT2D eigenvalue weighted by Gasteiger charge is 2.17. The van der Waals surface area contributed by atoms with Crippen LogP contribution in [0.2, 0.25) is 0 Å². The largest absolute Gasteiger partial charge is 0.493 e. The van der Waals surface area contributed by atoms with Gasteiger partial charge in [0.2, 0.25) is 5.76 Å². The molecule has 1 aromatic carbocycles. The molecule has 22 heavy (non-hydrogen) atoms. The molecule has 6 heteroatoms. The van der Waals surface area contributed by atoms with E-state index in [9.17, 15) is 9.59 Å². The predicted octanol–water partition coefficient (Wildman–Crippen LogP) is 2.64. The molecule has 2 aromatic rings. The summed E-state index contributed by atoms with van der Waals surface area (Å²) in [5.41, 5.74) is 1.02. The molecular weight excluding hydrogens is 288 g/mol. The summed E-state index contributed by atoms with van der Waals surface area (Å²) in [7, 11) is 2.98. The number of ketones is 1. The lowest BCUT2D eigenvalue weighted by Crippen LogP contribution is -2.14. The van der Waals surface area contributed by atoms with Crippen LogP contribution in [0.1, 0.15) is 26.5 Å². The van der Waals surface area contributed by atoms with Crippen molar-refractivity contribution in [3.05, 3.63) is 47.4 Å². The lowest BCUT2D eigenvalue weighted by Gasteiger charge is -2.09. The molecule has 0 amide bonds. The number of rotatable bonds is 6. The molecule has 0 aliphatic carbocycles. The lowest BCUT2D eigenvalue weighted by atomic mass is 10.1. The maximum atomic E-state index is 12.1. The molecule has 6 nitrogen and oxygen atoms in total. The molecule has 0 fully saturated rings. The van der Waals surface area contributed by atoms with Gasteiger partial charge in [0, 0.05) is 11.1 Å². The summed E-state index contributed by atoms with van der Waals surface area (Å²) in [4.78, 5) is 23.8. The molecule has 2 rings (SSSR count). The van der Waals surface area contributed by atoms with Gasteiger partial charge in [-0.15, -0.1) is 0 Å². The van der Waals surface area contributed by atoms with Crippen LogP contribution in [0.3, 0.4) is 0 Å². The zero-order valence-corrected chi connectivity index (χ0v) is 12.5. The summed E-state index contributed by atoms with van der Waals surface area (Å²) in [6.45, 7) is 1.34. The van der Waals surface area contributed by atoms with E-state index >= 15 is 0 Å². The van der Waals surface area contributed by atoms with Crippen molar-refractivity contribution in [2.75, 3.05) is 20.8 Å². The number of carbonyl (C=O) groups is 2. The van der Waals surface area contributed by atoms with Crippen LogP contribution in [0, 0.1) is 6.92 Å². The smallest absolute Gasteiger partial charge is 0.374 e. The van der Waals surface area contributed by atoms with E-state index in [-0.39, 0.29) is 18.2 Å². The highest BCUT2D eigenvalue weighted by molar-refractivity contribution is 5.99. The quantitative estimate of drug-likeness (QED) is 0.603. The molecule has 0 spiro atoms. The van der Waals surface area contributed by atoms with E-state index in [2.05, 4.69) is 0 Å². The van der Waals surface area contributed by atoms with Crippen LogP contribution in [0.5, 0.6) is 11.5 Å². The Morgan fingerprint density at radius 1 is 1.09 bits per heavy atom. The van der Waals surface area contributed by atoms with Crippen LogP contribution in [0.25, 0.3) is 0 Å². The van der Waals surface area contributed by atoms with E-state index < -0.39 is 5.97 Å². The van der Waals surface area contributed by atoms with Gasteiger partial charge in [-0.05, 0) is 31.2 Å². The lowest BCUT2D eigenvalue weighted by molar-refractivity contribution is 0.0443. The van der Waals surface area contributed by atoms with Gasteiger partial charge in [0.25, 0.3) is 0 Å². The number of Topliss-reactive ketones (excluding diaryl/α,β-unsaturated/α-hetero) is 1. The molecule has 0 atom stereocenters. The van der Waals surface area contributed by atoms with Crippen molar-refractivity contribution in [1.29, 1.82) is 0 Å². The van der Waals surface area contributed by atoms with Crippen LogP contribution < -0.4 is 9.47 Å².